The van der Waals surface area contributed by atoms with Crippen LogP contribution in [0.25, 0.3) is 0 Å². The molecule has 1 atom stereocenters. The summed E-state index contributed by atoms with van der Waals surface area (Å²) in [5.74, 6) is 0. The lowest BCUT2D eigenvalue weighted by Crippen LogP contribution is -2.28. The summed E-state index contributed by atoms with van der Waals surface area (Å²) in [5, 5.41) is 9.47. The number of anilines is 1. The minimum Gasteiger partial charge on any atom is -0.423 e. The molecule has 1 aliphatic heterocycles. The maximum Gasteiger partial charge on any atom is 0.492 e. The van der Waals surface area contributed by atoms with Crippen molar-refractivity contribution >= 4 is 18.3 Å². The largest absolute Gasteiger partial charge is 0.492 e. The van der Waals surface area contributed by atoms with Crippen LogP contribution >= 0.6 is 0 Å². The van der Waals surface area contributed by atoms with Crippen molar-refractivity contribution in [2.24, 2.45) is 5.73 Å². The van der Waals surface area contributed by atoms with Crippen molar-refractivity contribution in [1.82, 2.24) is 0 Å². The molecule has 1 aliphatic rings. The highest BCUT2D eigenvalue weighted by Gasteiger charge is 2.33. The van der Waals surface area contributed by atoms with Crippen LogP contribution in [0.5, 0.6) is 0 Å². The van der Waals surface area contributed by atoms with Crippen molar-refractivity contribution < 1.29 is 9.68 Å². The van der Waals surface area contributed by atoms with E-state index in [-0.39, 0.29) is 6.10 Å². The predicted octanol–water partition coefficient (Wildman–Crippen LogP) is -1.01. The van der Waals surface area contributed by atoms with Crippen molar-refractivity contribution in [2.45, 2.75) is 6.10 Å². The van der Waals surface area contributed by atoms with E-state index in [2.05, 4.69) is 0 Å². The highest BCUT2D eigenvalue weighted by molar-refractivity contribution is 6.61. The van der Waals surface area contributed by atoms with Crippen LogP contribution in [0.1, 0.15) is 11.7 Å². The van der Waals surface area contributed by atoms with Gasteiger partial charge in [0.25, 0.3) is 0 Å². The lowest BCUT2D eigenvalue weighted by Gasteiger charge is -2.07. The second kappa shape index (κ2) is 3.03. The Bertz CT molecular complexity index is 332. The molecule has 0 fully saturated rings. The Hall–Kier alpha value is -1.04. The fourth-order valence-electron chi connectivity index (χ4n) is 1.59. The summed E-state index contributed by atoms with van der Waals surface area (Å²) >= 11 is 0. The average Bonchev–Trinajstić information content (AvgIpc) is 2.43. The van der Waals surface area contributed by atoms with Gasteiger partial charge in [-0.05, 0) is 23.2 Å². The molecule has 2 rings (SSSR count). The number of hydrogen-bond acceptors (Lipinski definition) is 4. The second-order valence-corrected chi connectivity index (χ2v) is 3.10. The molecule has 0 aromatic heterocycles. The van der Waals surface area contributed by atoms with Gasteiger partial charge in [-0.2, -0.15) is 0 Å². The molecule has 0 spiro atoms. The third-order valence-corrected chi connectivity index (χ3v) is 2.23. The standard InChI is InChI=1S/C8H11BN2O2/c10-4-8-6-2-1-5(11)3-7(6)9(12)13-8/h1-3,8,12H,4,10-11H2. The Morgan fingerprint density at radius 2 is 2.31 bits per heavy atom. The molecule has 0 bridgehead atoms. The number of hydrogen-bond donors (Lipinski definition) is 3. The smallest absolute Gasteiger partial charge is 0.423 e. The normalized spacial score (nSPS) is 20.5. The number of benzene rings is 1. The van der Waals surface area contributed by atoms with Crippen molar-refractivity contribution in [3.8, 4) is 0 Å². The lowest BCUT2D eigenvalue weighted by atomic mass is 9.79. The summed E-state index contributed by atoms with van der Waals surface area (Å²) in [7, 11) is -0.882. The number of fused-ring (bicyclic) bond motifs is 1. The van der Waals surface area contributed by atoms with Gasteiger partial charge in [0.2, 0.25) is 0 Å². The van der Waals surface area contributed by atoms with Crippen LogP contribution < -0.4 is 16.9 Å². The highest BCUT2D eigenvalue weighted by atomic mass is 16.5. The Labute approximate surface area is 76.6 Å². The van der Waals surface area contributed by atoms with E-state index in [0.717, 1.165) is 11.0 Å². The van der Waals surface area contributed by atoms with Crippen LogP contribution in [-0.2, 0) is 4.65 Å². The Balaban J connectivity index is 2.46. The van der Waals surface area contributed by atoms with Crippen LogP contribution in [0.15, 0.2) is 18.2 Å². The van der Waals surface area contributed by atoms with Gasteiger partial charge < -0.3 is 21.1 Å². The van der Waals surface area contributed by atoms with Crippen LogP contribution in [0, 0.1) is 0 Å². The first-order valence-corrected chi connectivity index (χ1v) is 4.15. The molecule has 4 nitrogen and oxygen atoms in total. The summed E-state index contributed by atoms with van der Waals surface area (Å²) in [5.41, 5.74) is 13.4. The Kier molecular flexibility index (Phi) is 1.99. The van der Waals surface area contributed by atoms with Gasteiger partial charge in [-0.15, -0.1) is 0 Å². The van der Waals surface area contributed by atoms with Gasteiger partial charge in [0, 0.05) is 12.2 Å². The number of rotatable bonds is 1. The van der Waals surface area contributed by atoms with E-state index in [4.69, 9.17) is 16.1 Å². The van der Waals surface area contributed by atoms with E-state index in [1.54, 1.807) is 12.1 Å². The maximum absolute atomic E-state index is 9.47. The van der Waals surface area contributed by atoms with E-state index < -0.39 is 7.12 Å². The fourth-order valence-corrected chi connectivity index (χ4v) is 1.59. The van der Waals surface area contributed by atoms with Gasteiger partial charge >= 0.3 is 7.12 Å². The van der Waals surface area contributed by atoms with Crippen molar-refractivity contribution in [3.63, 3.8) is 0 Å². The minimum absolute atomic E-state index is 0.203. The Morgan fingerprint density at radius 1 is 1.54 bits per heavy atom. The SMILES string of the molecule is NCC1OB(O)c2cc(N)ccc21. The van der Waals surface area contributed by atoms with E-state index in [1.165, 1.54) is 0 Å². The summed E-state index contributed by atoms with van der Waals surface area (Å²) in [4.78, 5) is 0. The van der Waals surface area contributed by atoms with E-state index in [9.17, 15) is 5.02 Å². The van der Waals surface area contributed by atoms with Crippen LogP contribution in [0.2, 0.25) is 0 Å². The molecule has 1 aromatic rings. The molecule has 0 radical (unpaired) electrons. The minimum atomic E-state index is -0.882. The van der Waals surface area contributed by atoms with Crippen molar-refractivity contribution in [1.29, 1.82) is 0 Å². The van der Waals surface area contributed by atoms with Gasteiger partial charge in [0.05, 0.1) is 6.10 Å². The summed E-state index contributed by atoms with van der Waals surface area (Å²) in [6.07, 6.45) is -0.203. The van der Waals surface area contributed by atoms with Gasteiger partial charge in [-0.25, -0.2) is 0 Å². The molecule has 0 amide bonds. The molecule has 5 N–H and O–H groups in total. The topological polar surface area (TPSA) is 81.5 Å². The van der Waals surface area contributed by atoms with E-state index in [0.29, 0.717) is 12.2 Å². The third kappa shape index (κ3) is 1.31. The quantitative estimate of drug-likeness (QED) is 0.380. The highest BCUT2D eigenvalue weighted by Crippen LogP contribution is 2.23. The summed E-state index contributed by atoms with van der Waals surface area (Å²) in [6, 6.07) is 5.34. The monoisotopic (exact) mass is 178 g/mol. The van der Waals surface area contributed by atoms with Crippen molar-refractivity contribution in [3.05, 3.63) is 23.8 Å². The van der Waals surface area contributed by atoms with Gasteiger partial charge in [-0.1, -0.05) is 6.07 Å². The zero-order chi connectivity index (χ0) is 9.42. The van der Waals surface area contributed by atoms with E-state index in [1.807, 2.05) is 6.07 Å². The molecule has 1 aromatic carbocycles. The van der Waals surface area contributed by atoms with Crippen LogP contribution in [-0.4, -0.2) is 18.7 Å². The molecule has 0 aliphatic carbocycles. The van der Waals surface area contributed by atoms with Crippen molar-refractivity contribution in [2.75, 3.05) is 12.3 Å². The number of nitrogens with two attached hydrogens (primary N) is 2. The third-order valence-electron chi connectivity index (χ3n) is 2.23. The molecular weight excluding hydrogens is 167 g/mol. The zero-order valence-corrected chi connectivity index (χ0v) is 7.10. The summed E-state index contributed by atoms with van der Waals surface area (Å²) < 4.78 is 5.21. The average molecular weight is 178 g/mol. The van der Waals surface area contributed by atoms with Crippen LogP contribution in [0.3, 0.4) is 0 Å². The maximum atomic E-state index is 9.47. The number of nitrogen functional groups attached to an aromatic ring is 1. The summed E-state index contributed by atoms with van der Waals surface area (Å²) in [6.45, 7) is 0.369. The zero-order valence-electron chi connectivity index (χ0n) is 7.10. The van der Waals surface area contributed by atoms with Gasteiger partial charge in [0.1, 0.15) is 0 Å². The molecule has 13 heavy (non-hydrogen) atoms. The first-order chi connectivity index (χ1) is 6.22. The predicted molar refractivity (Wildman–Crippen MR) is 51.3 cm³/mol. The second-order valence-electron chi connectivity index (χ2n) is 3.10. The lowest BCUT2D eigenvalue weighted by molar-refractivity contribution is 0.198. The molecule has 1 unspecified atom stereocenters. The Morgan fingerprint density at radius 3 is 3.00 bits per heavy atom. The fraction of sp³-hybridized carbons (Fsp3) is 0.250. The molecular formula is C8H11BN2O2. The molecule has 0 saturated carbocycles. The van der Waals surface area contributed by atoms with E-state index >= 15 is 0 Å². The molecule has 5 heteroatoms. The molecule has 1 heterocycles. The van der Waals surface area contributed by atoms with Crippen LogP contribution in [0.4, 0.5) is 5.69 Å². The molecule has 68 valence electrons. The molecule has 0 saturated heterocycles. The first kappa shape index (κ1) is 8.56. The first-order valence-electron chi connectivity index (χ1n) is 4.15. The van der Waals surface area contributed by atoms with Gasteiger partial charge in [-0.3, -0.25) is 0 Å². The van der Waals surface area contributed by atoms with Gasteiger partial charge in [0.15, 0.2) is 0 Å².